The Labute approximate surface area is 193 Å². The fraction of sp³-hybridized carbons (Fsp3) is 0.200. The van der Waals surface area contributed by atoms with Crippen molar-refractivity contribution in [2.75, 3.05) is 17.1 Å². The highest BCUT2D eigenvalue weighted by Crippen LogP contribution is 2.25. The van der Waals surface area contributed by atoms with E-state index in [0.29, 0.717) is 22.5 Å². The highest BCUT2D eigenvalue weighted by atomic mass is 32.2. The number of hydrogen-bond acceptors (Lipinski definition) is 5. The van der Waals surface area contributed by atoms with Crippen molar-refractivity contribution in [3.8, 4) is 0 Å². The monoisotopic (exact) mass is 466 g/mol. The van der Waals surface area contributed by atoms with Crippen LogP contribution in [-0.4, -0.2) is 27.4 Å². The minimum atomic E-state index is -3.93. The summed E-state index contributed by atoms with van der Waals surface area (Å²) in [4.78, 5) is 24.7. The van der Waals surface area contributed by atoms with Crippen LogP contribution in [0.15, 0.2) is 59.5 Å². The van der Waals surface area contributed by atoms with Gasteiger partial charge in [-0.1, -0.05) is 24.3 Å². The van der Waals surface area contributed by atoms with E-state index >= 15 is 0 Å². The second kappa shape index (κ2) is 9.46. The van der Waals surface area contributed by atoms with Crippen LogP contribution in [0.25, 0.3) is 0 Å². The maximum atomic E-state index is 13.1. The van der Waals surface area contributed by atoms with Crippen LogP contribution in [0.2, 0.25) is 0 Å². The third kappa shape index (κ3) is 5.23. The Bertz CT molecular complexity index is 1350. The van der Waals surface area contributed by atoms with Gasteiger partial charge in [0.1, 0.15) is 0 Å². The molecule has 2 N–H and O–H groups in total. The number of benzene rings is 3. The van der Waals surface area contributed by atoms with Crippen molar-refractivity contribution in [3.05, 3.63) is 88.0 Å². The number of sulfonamides is 1. The molecule has 7 nitrogen and oxygen atoms in total. The van der Waals surface area contributed by atoms with Gasteiger partial charge in [-0.25, -0.2) is 13.2 Å². The van der Waals surface area contributed by atoms with Gasteiger partial charge in [-0.2, -0.15) is 0 Å². The predicted molar refractivity (Wildman–Crippen MR) is 128 cm³/mol. The number of amides is 1. The largest absolute Gasteiger partial charge is 0.465 e. The van der Waals surface area contributed by atoms with Crippen molar-refractivity contribution in [3.63, 3.8) is 0 Å². The number of nitrogens with one attached hydrogen (secondary N) is 2. The highest BCUT2D eigenvalue weighted by molar-refractivity contribution is 7.92. The Kier molecular flexibility index (Phi) is 6.88. The average Bonchev–Trinajstić information content (AvgIpc) is 2.77. The van der Waals surface area contributed by atoms with Gasteiger partial charge >= 0.3 is 5.97 Å². The SMILES string of the molecule is COC(=O)c1ccc(C)c(NC(=O)c2ccc(C)c(S(=O)(=O)Nc3cccc(C)c3C)c2)c1. The molecule has 0 saturated heterocycles. The maximum absolute atomic E-state index is 13.1. The number of anilines is 2. The molecular formula is C25H26N2O5S. The van der Waals surface area contributed by atoms with Crippen LogP contribution in [0.5, 0.6) is 0 Å². The van der Waals surface area contributed by atoms with Gasteiger partial charge in [-0.15, -0.1) is 0 Å². The first-order valence-corrected chi connectivity index (χ1v) is 11.7. The molecule has 33 heavy (non-hydrogen) atoms. The zero-order valence-corrected chi connectivity index (χ0v) is 20.0. The molecule has 3 rings (SSSR count). The summed E-state index contributed by atoms with van der Waals surface area (Å²) in [5, 5.41) is 2.75. The topological polar surface area (TPSA) is 102 Å². The van der Waals surface area contributed by atoms with Crippen molar-refractivity contribution in [2.24, 2.45) is 0 Å². The average molecular weight is 467 g/mol. The van der Waals surface area contributed by atoms with Crippen LogP contribution in [0, 0.1) is 27.7 Å². The van der Waals surface area contributed by atoms with Crippen molar-refractivity contribution < 1.29 is 22.7 Å². The van der Waals surface area contributed by atoms with E-state index in [2.05, 4.69) is 10.0 Å². The second-order valence-corrected chi connectivity index (χ2v) is 9.46. The second-order valence-electron chi connectivity index (χ2n) is 7.81. The van der Waals surface area contributed by atoms with Crippen molar-refractivity contribution in [2.45, 2.75) is 32.6 Å². The lowest BCUT2D eigenvalue weighted by Crippen LogP contribution is -2.18. The number of rotatable bonds is 6. The van der Waals surface area contributed by atoms with Crippen LogP contribution < -0.4 is 10.0 Å². The molecule has 0 aromatic heterocycles. The Morgan fingerprint density at radius 1 is 0.788 bits per heavy atom. The Balaban J connectivity index is 1.92. The summed E-state index contributed by atoms with van der Waals surface area (Å²) in [6.45, 7) is 7.20. The molecule has 3 aromatic carbocycles. The molecule has 0 unspecified atom stereocenters. The first-order valence-electron chi connectivity index (χ1n) is 10.2. The van der Waals surface area contributed by atoms with E-state index in [4.69, 9.17) is 4.74 Å². The summed E-state index contributed by atoms with van der Waals surface area (Å²) < 4.78 is 33.6. The molecule has 0 aliphatic carbocycles. The van der Waals surface area contributed by atoms with Crippen LogP contribution in [0.1, 0.15) is 43.0 Å². The van der Waals surface area contributed by atoms with E-state index < -0.39 is 21.9 Å². The van der Waals surface area contributed by atoms with E-state index in [1.54, 1.807) is 50.2 Å². The highest BCUT2D eigenvalue weighted by Gasteiger charge is 2.21. The Morgan fingerprint density at radius 3 is 2.15 bits per heavy atom. The molecule has 0 aliphatic rings. The van der Waals surface area contributed by atoms with Crippen LogP contribution in [0.3, 0.4) is 0 Å². The van der Waals surface area contributed by atoms with E-state index in [-0.39, 0.29) is 10.5 Å². The zero-order valence-electron chi connectivity index (χ0n) is 19.1. The van der Waals surface area contributed by atoms with Crippen molar-refractivity contribution >= 4 is 33.3 Å². The molecule has 0 fully saturated rings. The van der Waals surface area contributed by atoms with Gasteiger partial charge in [0.15, 0.2) is 0 Å². The number of esters is 1. The first kappa shape index (κ1) is 24.0. The molecule has 1 amide bonds. The summed E-state index contributed by atoms with van der Waals surface area (Å²) in [6, 6.07) is 14.7. The minimum absolute atomic E-state index is 0.0103. The number of methoxy groups -OCH3 is 1. The summed E-state index contributed by atoms with van der Waals surface area (Å²) in [6.07, 6.45) is 0. The summed E-state index contributed by atoms with van der Waals surface area (Å²) in [5.41, 5.74) is 4.42. The van der Waals surface area contributed by atoms with Crippen molar-refractivity contribution in [1.29, 1.82) is 0 Å². The third-order valence-corrected chi connectivity index (χ3v) is 7.00. The van der Waals surface area contributed by atoms with Gasteiger partial charge in [-0.3, -0.25) is 9.52 Å². The molecule has 0 heterocycles. The number of carbonyl (C=O) groups excluding carboxylic acids is 2. The molecule has 0 radical (unpaired) electrons. The predicted octanol–water partition coefficient (Wildman–Crippen LogP) is 4.76. The lowest BCUT2D eigenvalue weighted by atomic mass is 10.1. The van der Waals surface area contributed by atoms with Gasteiger partial charge in [0.25, 0.3) is 15.9 Å². The van der Waals surface area contributed by atoms with Gasteiger partial charge in [0.2, 0.25) is 0 Å². The number of ether oxygens (including phenoxy) is 1. The lowest BCUT2D eigenvalue weighted by Gasteiger charge is -2.15. The molecule has 0 aliphatic heterocycles. The summed E-state index contributed by atoms with van der Waals surface area (Å²) in [7, 11) is -2.65. The fourth-order valence-corrected chi connectivity index (χ4v) is 4.68. The van der Waals surface area contributed by atoms with Gasteiger partial charge in [0, 0.05) is 11.3 Å². The van der Waals surface area contributed by atoms with E-state index in [1.807, 2.05) is 19.9 Å². The van der Waals surface area contributed by atoms with Crippen LogP contribution >= 0.6 is 0 Å². The summed E-state index contributed by atoms with van der Waals surface area (Å²) >= 11 is 0. The molecule has 0 saturated carbocycles. The number of carbonyl (C=O) groups is 2. The van der Waals surface area contributed by atoms with Gasteiger partial charge < -0.3 is 10.1 Å². The third-order valence-electron chi connectivity index (χ3n) is 5.50. The zero-order chi connectivity index (χ0) is 24.3. The first-order chi connectivity index (χ1) is 15.5. The van der Waals surface area contributed by atoms with Crippen LogP contribution in [0.4, 0.5) is 11.4 Å². The number of aryl methyl sites for hydroxylation is 3. The van der Waals surface area contributed by atoms with Crippen LogP contribution in [-0.2, 0) is 14.8 Å². The van der Waals surface area contributed by atoms with E-state index in [0.717, 1.165) is 16.7 Å². The van der Waals surface area contributed by atoms with Crippen molar-refractivity contribution in [1.82, 2.24) is 0 Å². The molecule has 0 atom stereocenters. The molecular weight excluding hydrogens is 440 g/mol. The smallest absolute Gasteiger partial charge is 0.337 e. The Morgan fingerprint density at radius 2 is 1.45 bits per heavy atom. The lowest BCUT2D eigenvalue weighted by molar-refractivity contribution is 0.0600. The fourth-order valence-electron chi connectivity index (χ4n) is 3.29. The molecule has 8 heteroatoms. The quantitative estimate of drug-likeness (QED) is 0.510. The van der Waals surface area contributed by atoms with E-state index in [1.165, 1.54) is 19.2 Å². The summed E-state index contributed by atoms with van der Waals surface area (Å²) in [5.74, 6) is -1.02. The molecule has 172 valence electrons. The van der Waals surface area contributed by atoms with Gasteiger partial charge in [0.05, 0.1) is 23.3 Å². The molecule has 0 spiro atoms. The van der Waals surface area contributed by atoms with Gasteiger partial charge in [-0.05, 0) is 80.3 Å². The maximum Gasteiger partial charge on any atom is 0.337 e. The normalized spacial score (nSPS) is 11.1. The van der Waals surface area contributed by atoms with E-state index in [9.17, 15) is 18.0 Å². The standard InChI is InChI=1S/C25H26N2O5S/c1-15-7-6-8-21(18(15)4)27-33(30,31)23-14-19(11-10-17(23)3)24(28)26-22-13-20(25(29)32-5)12-9-16(22)2/h6-14,27H,1-5H3,(H,26,28). The number of hydrogen-bond donors (Lipinski definition) is 2. The Hall–Kier alpha value is -3.65. The molecule has 3 aromatic rings. The molecule has 0 bridgehead atoms. The minimum Gasteiger partial charge on any atom is -0.465 e.